The Hall–Kier alpha value is -0.770. The molecule has 1 unspecified atom stereocenters. The van der Waals surface area contributed by atoms with E-state index in [4.69, 9.17) is 0 Å². The zero-order chi connectivity index (χ0) is 11.0. The predicted octanol–water partition coefficient (Wildman–Crippen LogP) is 3.34. The van der Waals surface area contributed by atoms with E-state index < -0.39 is 6.17 Å². The lowest BCUT2D eigenvalue weighted by Crippen LogP contribution is -2.30. The molecule has 0 saturated carbocycles. The van der Waals surface area contributed by atoms with Gasteiger partial charge in [-0.2, -0.15) is 0 Å². The zero-order valence-corrected chi connectivity index (χ0v) is 10.4. The summed E-state index contributed by atoms with van der Waals surface area (Å²) in [7, 11) is 2.05. The molecule has 1 aromatic rings. The van der Waals surface area contributed by atoms with Crippen molar-refractivity contribution in [1.82, 2.24) is 0 Å². The number of hydrogen-bond donors (Lipinski definition) is 1. The van der Waals surface area contributed by atoms with E-state index in [0.29, 0.717) is 5.56 Å². The summed E-state index contributed by atoms with van der Waals surface area (Å²) in [6, 6.07) is 3.87. The first-order chi connectivity index (χ1) is 7.09. The fraction of sp³-hybridized carbons (Fsp3) is 0.455. The summed E-state index contributed by atoms with van der Waals surface area (Å²) in [6.45, 7) is 3.44. The van der Waals surface area contributed by atoms with Gasteiger partial charge in [0.15, 0.2) is 0 Å². The first kappa shape index (κ1) is 10.7. The highest BCUT2D eigenvalue weighted by atomic mass is 79.9. The first-order valence-corrected chi connectivity index (χ1v) is 5.81. The topological polar surface area (TPSA) is 15.3 Å². The Morgan fingerprint density at radius 2 is 2.27 bits per heavy atom. The molecule has 0 radical (unpaired) electrons. The van der Waals surface area contributed by atoms with Gasteiger partial charge in [-0.25, -0.2) is 4.39 Å². The second-order valence-corrected chi connectivity index (χ2v) is 4.71. The molecule has 82 valence electrons. The Kier molecular flexibility index (Phi) is 2.87. The number of hydrogen-bond acceptors (Lipinski definition) is 2. The highest BCUT2D eigenvalue weighted by Gasteiger charge is 2.17. The molecule has 1 aliphatic rings. The Morgan fingerprint density at radius 1 is 1.53 bits per heavy atom. The minimum absolute atomic E-state index is 0.705. The van der Waals surface area contributed by atoms with E-state index in [-0.39, 0.29) is 0 Å². The van der Waals surface area contributed by atoms with E-state index in [1.54, 1.807) is 6.92 Å². The van der Waals surface area contributed by atoms with Gasteiger partial charge in [0.1, 0.15) is 6.17 Å². The van der Waals surface area contributed by atoms with Crippen molar-refractivity contribution in [2.24, 2.45) is 0 Å². The summed E-state index contributed by atoms with van der Waals surface area (Å²) in [6.07, 6.45) is -0.946. The molecule has 0 fully saturated rings. The van der Waals surface area contributed by atoms with Gasteiger partial charge in [0.05, 0.1) is 11.4 Å². The molecule has 0 amide bonds. The van der Waals surface area contributed by atoms with E-state index in [0.717, 1.165) is 28.9 Å². The monoisotopic (exact) mass is 272 g/mol. The van der Waals surface area contributed by atoms with Crippen LogP contribution in [0.1, 0.15) is 18.7 Å². The van der Waals surface area contributed by atoms with Gasteiger partial charge in [-0.3, -0.25) is 0 Å². The third-order valence-electron chi connectivity index (χ3n) is 2.72. The number of alkyl halides is 1. The average Bonchev–Trinajstić information content (AvgIpc) is 2.18. The number of fused-ring (bicyclic) bond motifs is 1. The molecule has 1 aromatic carbocycles. The van der Waals surface area contributed by atoms with Crippen molar-refractivity contribution in [2.45, 2.75) is 13.1 Å². The minimum Gasteiger partial charge on any atom is -0.382 e. The zero-order valence-electron chi connectivity index (χ0n) is 8.85. The third-order valence-corrected chi connectivity index (χ3v) is 3.40. The summed E-state index contributed by atoms with van der Waals surface area (Å²) < 4.78 is 14.1. The van der Waals surface area contributed by atoms with Crippen LogP contribution in [0, 0.1) is 0 Å². The maximum Gasteiger partial charge on any atom is 0.123 e. The van der Waals surface area contributed by atoms with Crippen molar-refractivity contribution in [3.05, 3.63) is 22.2 Å². The SMILES string of the molecule is CC(F)c1cc2c(cc1Br)N(C)CCN2. The Balaban J connectivity index is 2.49. The molecule has 2 nitrogen and oxygen atoms in total. The van der Waals surface area contributed by atoms with Gasteiger partial charge in [0.2, 0.25) is 0 Å². The van der Waals surface area contributed by atoms with Crippen LogP contribution >= 0.6 is 15.9 Å². The Bertz CT molecular complexity index is 379. The van der Waals surface area contributed by atoms with Gasteiger partial charge in [-0.05, 0) is 19.1 Å². The average molecular weight is 273 g/mol. The maximum atomic E-state index is 13.3. The van der Waals surface area contributed by atoms with Crippen LogP contribution in [-0.2, 0) is 0 Å². The van der Waals surface area contributed by atoms with Gasteiger partial charge in [-0.1, -0.05) is 15.9 Å². The second-order valence-electron chi connectivity index (χ2n) is 3.86. The number of anilines is 2. The molecule has 1 heterocycles. The standard InChI is InChI=1S/C11H14BrFN2/c1-7(13)8-5-10-11(6-9(8)12)15(2)4-3-14-10/h5-7,14H,3-4H2,1-2H3. The normalized spacial score (nSPS) is 16.9. The molecule has 0 aliphatic carbocycles. The van der Waals surface area contributed by atoms with Crippen LogP contribution in [-0.4, -0.2) is 20.1 Å². The summed E-state index contributed by atoms with van der Waals surface area (Å²) in [5, 5.41) is 3.29. The number of rotatable bonds is 1. The molecular formula is C11H14BrFN2. The van der Waals surface area contributed by atoms with Crippen molar-refractivity contribution in [3.63, 3.8) is 0 Å². The van der Waals surface area contributed by atoms with Crippen molar-refractivity contribution in [1.29, 1.82) is 0 Å². The van der Waals surface area contributed by atoms with Crippen LogP contribution in [0.3, 0.4) is 0 Å². The Labute approximate surface area is 97.6 Å². The quantitative estimate of drug-likeness (QED) is 0.844. The fourth-order valence-corrected chi connectivity index (χ4v) is 2.47. The van der Waals surface area contributed by atoms with E-state index in [9.17, 15) is 4.39 Å². The first-order valence-electron chi connectivity index (χ1n) is 5.02. The molecule has 1 atom stereocenters. The molecule has 15 heavy (non-hydrogen) atoms. The predicted molar refractivity (Wildman–Crippen MR) is 65.4 cm³/mol. The molecule has 0 spiro atoms. The summed E-state index contributed by atoms with van der Waals surface area (Å²) in [4.78, 5) is 2.17. The second kappa shape index (κ2) is 4.00. The van der Waals surface area contributed by atoms with Gasteiger partial charge >= 0.3 is 0 Å². The molecule has 1 aliphatic heterocycles. The van der Waals surface area contributed by atoms with Crippen LogP contribution in [0.25, 0.3) is 0 Å². The van der Waals surface area contributed by atoms with E-state index in [2.05, 4.69) is 26.1 Å². The summed E-state index contributed by atoms with van der Waals surface area (Å²) in [5.74, 6) is 0. The molecule has 1 N–H and O–H groups in total. The molecule has 0 aromatic heterocycles. The van der Waals surface area contributed by atoms with Gasteiger partial charge in [0.25, 0.3) is 0 Å². The fourth-order valence-electron chi connectivity index (χ4n) is 1.82. The van der Waals surface area contributed by atoms with Gasteiger partial charge < -0.3 is 10.2 Å². The number of nitrogens with one attached hydrogen (secondary N) is 1. The van der Waals surface area contributed by atoms with Crippen LogP contribution in [0.2, 0.25) is 0 Å². The van der Waals surface area contributed by atoms with E-state index in [1.807, 2.05) is 19.2 Å². The lowest BCUT2D eigenvalue weighted by Gasteiger charge is -2.29. The van der Waals surface area contributed by atoms with E-state index >= 15 is 0 Å². The largest absolute Gasteiger partial charge is 0.382 e. The maximum absolute atomic E-state index is 13.3. The van der Waals surface area contributed by atoms with Crippen LogP contribution in [0.15, 0.2) is 16.6 Å². The molecular weight excluding hydrogens is 259 g/mol. The lowest BCUT2D eigenvalue weighted by molar-refractivity contribution is 0.373. The molecule has 0 bridgehead atoms. The Morgan fingerprint density at radius 3 is 2.93 bits per heavy atom. The number of halogens is 2. The van der Waals surface area contributed by atoms with Crippen molar-refractivity contribution < 1.29 is 4.39 Å². The highest BCUT2D eigenvalue weighted by Crippen LogP contribution is 2.37. The molecule has 0 saturated heterocycles. The van der Waals surface area contributed by atoms with Gasteiger partial charge in [-0.15, -0.1) is 0 Å². The molecule has 2 rings (SSSR count). The highest BCUT2D eigenvalue weighted by molar-refractivity contribution is 9.10. The third kappa shape index (κ3) is 1.95. The summed E-state index contributed by atoms with van der Waals surface area (Å²) >= 11 is 3.41. The van der Waals surface area contributed by atoms with Gasteiger partial charge in [0, 0.05) is 30.2 Å². The number of nitrogens with zero attached hydrogens (tertiary/aromatic N) is 1. The number of likely N-dealkylation sites (N-methyl/N-ethyl adjacent to an activating group) is 1. The lowest BCUT2D eigenvalue weighted by atomic mass is 10.1. The van der Waals surface area contributed by atoms with E-state index in [1.165, 1.54) is 0 Å². The van der Waals surface area contributed by atoms with Crippen LogP contribution in [0.4, 0.5) is 15.8 Å². The van der Waals surface area contributed by atoms with Crippen molar-refractivity contribution in [3.8, 4) is 0 Å². The van der Waals surface area contributed by atoms with Crippen LogP contribution < -0.4 is 10.2 Å². The summed E-state index contributed by atoms with van der Waals surface area (Å²) in [5.41, 5.74) is 2.85. The van der Waals surface area contributed by atoms with Crippen molar-refractivity contribution >= 4 is 27.3 Å². The minimum atomic E-state index is -0.946. The van der Waals surface area contributed by atoms with Crippen molar-refractivity contribution in [2.75, 3.05) is 30.4 Å². The van der Waals surface area contributed by atoms with Crippen LogP contribution in [0.5, 0.6) is 0 Å². The number of benzene rings is 1. The smallest absolute Gasteiger partial charge is 0.123 e. The molecule has 4 heteroatoms.